The van der Waals surface area contributed by atoms with E-state index >= 15 is 0 Å². The zero-order chi connectivity index (χ0) is 20.1. The monoisotopic (exact) mass is 405 g/mol. The molecule has 3 N–H and O–H groups in total. The molecule has 0 bridgehead atoms. The van der Waals surface area contributed by atoms with Gasteiger partial charge in [-0.15, -0.1) is 5.10 Å². The quantitative estimate of drug-likeness (QED) is 0.783. The number of ether oxygens (including phenoxy) is 1. The third kappa shape index (κ3) is 3.12. The van der Waals surface area contributed by atoms with E-state index in [1.54, 1.807) is 7.11 Å². The fourth-order valence-corrected chi connectivity index (χ4v) is 4.69. The van der Waals surface area contributed by atoms with Gasteiger partial charge in [-0.3, -0.25) is 4.79 Å². The van der Waals surface area contributed by atoms with Crippen molar-refractivity contribution in [3.63, 3.8) is 0 Å². The van der Waals surface area contributed by atoms with Crippen LogP contribution < -0.4 is 15.8 Å². The van der Waals surface area contributed by atoms with Gasteiger partial charge in [0.15, 0.2) is 0 Å². The topological polar surface area (TPSA) is 120 Å². The molecule has 0 saturated heterocycles. The molecule has 2 aliphatic rings. The smallest absolute Gasteiger partial charge is 0.254 e. The first-order valence-electron chi connectivity index (χ1n) is 9.07. The van der Waals surface area contributed by atoms with Gasteiger partial charge in [-0.2, -0.15) is 4.31 Å². The van der Waals surface area contributed by atoms with Gasteiger partial charge in [0.25, 0.3) is 5.91 Å². The molecule has 1 aromatic heterocycles. The summed E-state index contributed by atoms with van der Waals surface area (Å²) in [5.74, 6) is 0.337. The lowest BCUT2D eigenvalue weighted by Crippen LogP contribution is -2.37. The van der Waals surface area contributed by atoms with E-state index in [-0.39, 0.29) is 18.3 Å². The summed E-state index contributed by atoms with van der Waals surface area (Å²) in [5.41, 5.74) is 9.08. The van der Waals surface area contributed by atoms with Crippen molar-refractivity contribution < 1.29 is 17.9 Å². The maximum absolute atomic E-state index is 13.4. The zero-order valence-electron chi connectivity index (χ0n) is 15.8. The summed E-state index contributed by atoms with van der Waals surface area (Å²) in [6.45, 7) is 1.09. The number of carbonyl (C=O) groups excluding carboxylic acids is 1. The van der Waals surface area contributed by atoms with Crippen LogP contribution in [0.25, 0.3) is 0 Å². The Kier molecular flexibility index (Phi) is 4.54. The molecule has 0 radical (unpaired) electrons. The molecule has 9 nitrogen and oxygen atoms in total. The second-order valence-electron chi connectivity index (χ2n) is 7.13. The predicted octanol–water partition coefficient (Wildman–Crippen LogP) is 1.03. The third-order valence-corrected chi connectivity index (χ3v) is 6.67. The summed E-state index contributed by atoms with van der Waals surface area (Å²) in [6, 6.07) is 5.59. The lowest BCUT2D eigenvalue weighted by atomic mass is 9.90. The van der Waals surface area contributed by atoms with Gasteiger partial charge in [-0.25, -0.2) is 13.1 Å². The molecule has 0 aliphatic carbocycles. The van der Waals surface area contributed by atoms with Gasteiger partial charge in [0.2, 0.25) is 10.0 Å². The number of benzene rings is 1. The normalized spacial score (nSPS) is 19.4. The van der Waals surface area contributed by atoms with E-state index in [2.05, 4.69) is 10.4 Å². The summed E-state index contributed by atoms with van der Waals surface area (Å²) in [6.07, 6.45) is 2.21. The van der Waals surface area contributed by atoms with Gasteiger partial charge in [0, 0.05) is 24.3 Å². The molecule has 1 atom stereocenters. The highest BCUT2D eigenvalue weighted by molar-refractivity contribution is 7.88. The van der Waals surface area contributed by atoms with Crippen molar-refractivity contribution >= 4 is 27.4 Å². The number of carbonyl (C=O) groups is 1. The second kappa shape index (κ2) is 6.78. The summed E-state index contributed by atoms with van der Waals surface area (Å²) in [5, 5.41) is 7.57. The molecule has 1 unspecified atom stereocenters. The van der Waals surface area contributed by atoms with Crippen molar-refractivity contribution in [3.8, 4) is 5.75 Å². The molecule has 0 spiro atoms. The van der Waals surface area contributed by atoms with E-state index in [9.17, 15) is 13.2 Å². The number of nitrogens with one attached hydrogen (secondary N) is 1. The van der Waals surface area contributed by atoms with Gasteiger partial charge in [0.1, 0.15) is 11.6 Å². The number of fused-ring (bicyclic) bond motifs is 2. The Morgan fingerprint density at radius 1 is 1.39 bits per heavy atom. The van der Waals surface area contributed by atoms with Gasteiger partial charge in [-0.1, -0.05) is 0 Å². The van der Waals surface area contributed by atoms with E-state index in [0.29, 0.717) is 37.4 Å². The van der Waals surface area contributed by atoms with Crippen LogP contribution in [0.15, 0.2) is 18.2 Å². The molecule has 1 aromatic carbocycles. The SMILES string of the molecule is COc1ccc2c(c1)C(C(=O)n1nc(N)c3c1CN(S(C)(=O)=O)CC3)CCN2. The Hall–Kier alpha value is -2.59. The number of nitrogens with zero attached hydrogens (tertiary/aromatic N) is 3. The van der Waals surface area contributed by atoms with Crippen molar-refractivity contribution in [1.82, 2.24) is 14.1 Å². The van der Waals surface area contributed by atoms with E-state index in [4.69, 9.17) is 10.5 Å². The molecule has 2 aromatic rings. The van der Waals surface area contributed by atoms with Crippen LogP contribution in [-0.4, -0.2) is 54.9 Å². The largest absolute Gasteiger partial charge is 0.497 e. The standard InChI is InChI=1S/C18H23N5O4S/c1-27-11-3-4-15-14(9-11)12(5-7-20-15)18(24)23-16-10-22(28(2,25)26)8-6-13(16)17(19)21-23/h3-4,9,12,20H,5-8,10H2,1-2H3,(H2,19,21). The fourth-order valence-electron chi connectivity index (χ4n) is 3.91. The highest BCUT2D eigenvalue weighted by Gasteiger charge is 2.34. The van der Waals surface area contributed by atoms with E-state index in [1.165, 1.54) is 15.2 Å². The van der Waals surface area contributed by atoms with Crippen LogP contribution in [0.3, 0.4) is 0 Å². The molecule has 0 saturated carbocycles. The maximum Gasteiger partial charge on any atom is 0.254 e. The number of rotatable bonds is 3. The van der Waals surface area contributed by atoms with Gasteiger partial charge in [-0.05, 0) is 36.6 Å². The first kappa shape index (κ1) is 18.8. The van der Waals surface area contributed by atoms with Crippen LogP contribution >= 0.6 is 0 Å². The number of aromatic nitrogens is 2. The highest BCUT2D eigenvalue weighted by atomic mass is 32.2. The molecule has 28 heavy (non-hydrogen) atoms. The molecular weight excluding hydrogens is 382 g/mol. The zero-order valence-corrected chi connectivity index (χ0v) is 16.6. The van der Waals surface area contributed by atoms with Crippen LogP contribution in [0.1, 0.15) is 34.0 Å². The molecular formula is C18H23N5O4S. The minimum absolute atomic E-state index is 0.0973. The van der Waals surface area contributed by atoms with Crippen molar-refractivity contribution in [2.24, 2.45) is 0 Å². The Labute approximate surface area is 163 Å². The van der Waals surface area contributed by atoms with E-state index in [0.717, 1.165) is 16.8 Å². The van der Waals surface area contributed by atoms with Crippen molar-refractivity contribution in [2.75, 3.05) is 37.5 Å². The van der Waals surface area contributed by atoms with Gasteiger partial charge >= 0.3 is 0 Å². The predicted molar refractivity (Wildman–Crippen MR) is 105 cm³/mol. The number of methoxy groups -OCH3 is 1. The molecule has 10 heteroatoms. The Morgan fingerprint density at radius 2 is 2.18 bits per heavy atom. The van der Waals surface area contributed by atoms with Crippen molar-refractivity contribution in [3.05, 3.63) is 35.0 Å². The summed E-state index contributed by atoms with van der Waals surface area (Å²) in [7, 11) is -1.79. The second-order valence-corrected chi connectivity index (χ2v) is 9.11. The summed E-state index contributed by atoms with van der Waals surface area (Å²) >= 11 is 0. The maximum atomic E-state index is 13.4. The number of nitrogens with two attached hydrogens (primary N) is 1. The van der Waals surface area contributed by atoms with Gasteiger partial charge < -0.3 is 15.8 Å². The first-order valence-corrected chi connectivity index (χ1v) is 10.9. The lowest BCUT2D eigenvalue weighted by molar-refractivity contribution is 0.0850. The lowest BCUT2D eigenvalue weighted by Gasteiger charge is -2.28. The number of nitrogen functional groups attached to an aromatic ring is 1. The van der Waals surface area contributed by atoms with Crippen molar-refractivity contribution in [1.29, 1.82) is 0 Å². The number of hydrogen-bond donors (Lipinski definition) is 2. The Balaban J connectivity index is 1.73. The van der Waals surface area contributed by atoms with Crippen LogP contribution in [-0.2, 0) is 23.0 Å². The molecule has 4 rings (SSSR count). The first-order chi connectivity index (χ1) is 13.3. The molecule has 0 fully saturated rings. The molecule has 0 amide bonds. The van der Waals surface area contributed by atoms with Gasteiger partial charge in [0.05, 0.1) is 31.5 Å². The summed E-state index contributed by atoms with van der Waals surface area (Å²) in [4.78, 5) is 13.4. The van der Waals surface area contributed by atoms with Crippen LogP contribution in [0.5, 0.6) is 5.75 Å². The van der Waals surface area contributed by atoms with Crippen LogP contribution in [0.2, 0.25) is 0 Å². The minimum Gasteiger partial charge on any atom is -0.497 e. The van der Waals surface area contributed by atoms with Crippen molar-refractivity contribution in [2.45, 2.75) is 25.3 Å². The summed E-state index contributed by atoms with van der Waals surface area (Å²) < 4.78 is 31.9. The third-order valence-electron chi connectivity index (χ3n) is 5.42. The molecule has 2 aliphatic heterocycles. The number of anilines is 2. The Morgan fingerprint density at radius 3 is 2.89 bits per heavy atom. The van der Waals surface area contributed by atoms with Crippen LogP contribution in [0.4, 0.5) is 11.5 Å². The van der Waals surface area contributed by atoms with Crippen LogP contribution in [0, 0.1) is 0 Å². The Bertz CT molecular complexity index is 1050. The molecule has 3 heterocycles. The van der Waals surface area contributed by atoms with E-state index < -0.39 is 15.9 Å². The van der Waals surface area contributed by atoms with E-state index in [1.807, 2.05) is 18.2 Å². The molecule has 150 valence electrons. The number of hydrogen-bond acceptors (Lipinski definition) is 7. The average Bonchev–Trinajstić information content (AvgIpc) is 3.02. The number of sulfonamides is 1. The minimum atomic E-state index is -3.37. The highest BCUT2D eigenvalue weighted by Crippen LogP contribution is 2.36. The average molecular weight is 405 g/mol. The fraction of sp³-hybridized carbons (Fsp3) is 0.444.